The summed E-state index contributed by atoms with van der Waals surface area (Å²) in [5.74, 6) is -0.696. The molecule has 2 aromatic rings. The molecule has 0 aliphatic carbocycles. The van der Waals surface area contributed by atoms with E-state index >= 15 is 0 Å². The van der Waals surface area contributed by atoms with Crippen molar-refractivity contribution in [1.29, 1.82) is 0 Å². The molecule has 16 heavy (non-hydrogen) atoms. The Bertz CT molecular complexity index is 548. The number of hydrogen-bond donors (Lipinski definition) is 1. The molecule has 80 valence electrons. The highest BCUT2D eigenvalue weighted by atomic mass is 16.4. The minimum Gasteiger partial charge on any atom is -0.477 e. The van der Waals surface area contributed by atoms with E-state index in [2.05, 4.69) is 9.97 Å². The first-order valence-corrected chi connectivity index (χ1v) is 4.40. The molecule has 0 saturated heterocycles. The van der Waals surface area contributed by atoms with Crippen LogP contribution < -0.4 is 0 Å². The van der Waals surface area contributed by atoms with Gasteiger partial charge in [0.15, 0.2) is 12.0 Å². The summed E-state index contributed by atoms with van der Waals surface area (Å²) in [6.07, 6.45) is 3.48. The van der Waals surface area contributed by atoms with Crippen molar-refractivity contribution in [2.24, 2.45) is 0 Å². The lowest BCUT2D eigenvalue weighted by molar-refractivity contribution is 0.0690. The van der Waals surface area contributed by atoms with Crippen molar-refractivity contribution in [2.45, 2.75) is 0 Å². The Kier molecular flexibility index (Phi) is 2.47. The average Bonchev–Trinajstić information content (AvgIpc) is 2.77. The van der Waals surface area contributed by atoms with Gasteiger partial charge >= 0.3 is 5.97 Å². The van der Waals surface area contributed by atoms with Crippen LogP contribution in [0.3, 0.4) is 0 Å². The van der Waals surface area contributed by atoms with Gasteiger partial charge in [-0.05, 0) is 12.1 Å². The lowest BCUT2D eigenvalue weighted by Crippen LogP contribution is -2.03. The molecular weight excluding hydrogens is 210 g/mol. The monoisotopic (exact) mass is 217 g/mol. The van der Waals surface area contributed by atoms with Crippen LogP contribution in [0.1, 0.15) is 21.0 Å². The highest BCUT2D eigenvalue weighted by molar-refractivity contribution is 5.85. The number of aldehydes is 1. The standard InChI is InChI=1S/C10H7N3O3/c14-5-7-4-13(6-11-7)9-3-1-2-8(12-9)10(15)16/h1-6H,(H,15,16). The highest BCUT2D eigenvalue weighted by Crippen LogP contribution is 2.06. The molecule has 0 aromatic carbocycles. The third-order valence-electron chi connectivity index (χ3n) is 1.94. The topological polar surface area (TPSA) is 85.1 Å². The van der Waals surface area contributed by atoms with Crippen molar-refractivity contribution in [3.8, 4) is 5.82 Å². The molecule has 1 N–H and O–H groups in total. The minimum atomic E-state index is -1.10. The lowest BCUT2D eigenvalue weighted by atomic mass is 10.3. The maximum Gasteiger partial charge on any atom is 0.354 e. The van der Waals surface area contributed by atoms with Gasteiger partial charge in [-0.25, -0.2) is 14.8 Å². The number of carboxylic acid groups (broad SMARTS) is 1. The number of aromatic carboxylic acids is 1. The van der Waals surface area contributed by atoms with Gasteiger partial charge in [-0.3, -0.25) is 9.36 Å². The number of carboxylic acids is 1. The molecule has 0 aliphatic rings. The van der Waals surface area contributed by atoms with E-state index in [0.29, 0.717) is 12.1 Å². The Balaban J connectivity index is 2.43. The van der Waals surface area contributed by atoms with E-state index in [1.54, 1.807) is 12.1 Å². The van der Waals surface area contributed by atoms with Crippen LogP contribution in [0.2, 0.25) is 0 Å². The number of carbonyl (C=O) groups excluding carboxylic acids is 1. The number of aromatic nitrogens is 3. The van der Waals surface area contributed by atoms with Gasteiger partial charge < -0.3 is 5.11 Å². The number of rotatable bonds is 3. The molecule has 6 nitrogen and oxygen atoms in total. The van der Waals surface area contributed by atoms with Crippen LogP contribution in [-0.2, 0) is 0 Å². The predicted octanol–water partition coefficient (Wildman–Crippen LogP) is 0.778. The fourth-order valence-corrected chi connectivity index (χ4v) is 1.21. The average molecular weight is 217 g/mol. The zero-order valence-electron chi connectivity index (χ0n) is 8.07. The maximum atomic E-state index is 10.7. The fraction of sp³-hybridized carbons (Fsp3) is 0. The van der Waals surface area contributed by atoms with Gasteiger partial charge in [-0.15, -0.1) is 0 Å². The number of imidazole rings is 1. The van der Waals surface area contributed by atoms with E-state index in [1.165, 1.54) is 23.2 Å². The maximum absolute atomic E-state index is 10.7. The number of carbonyl (C=O) groups is 2. The van der Waals surface area contributed by atoms with E-state index in [4.69, 9.17) is 5.11 Å². The molecule has 0 spiro atoms. The number of nitrogens with zero attached hydrogens (tertiary/aromatic N) is 3. The molecule has 6 heteroatoms. The summed E-state index contributed by atoms with van der Waals surface area (Å²) in [5, 5.41) is 8.76. The van der Waals surface area contributed by atoms with Crippen molar-refractivity contribution >= 4 is 12.3 Å². The first-order valence-electron chi connectivity index (χ1n) is 4.40. The second-order valence-electron chi connectivity index (χ2n) is 3.01. The van der Waals surface area contributed by atoms with Gasteiger partial charge in [0, 0.05) is 6.20 Å². The molecule has 0 aliphatic heterocycles. The molecular formula is C10H7N3O3. The van der Waals surface area contributed by atoms with Crippen molar-refractivity contribution in [3.63, 3.8) is 0 Å². The minimum absolute atomic E-state index is 0.0566. The molecule has 0 unspecified atom stereocenters. The molecule has 0 radical (unpaired) electrons. The zero-order chi connectivity index (χ0) is 11.5. The highest BCUT2D eigenvalue weighted by Gasteiger charge is 2.06. The number of pyridine rings is 1. The lowest BCUT2D eigenvalue weighted by Gasteiger charge is -2.01. The zero-order valence-corrected chi connectivity index (χ0v) is 8.07. The largest absolute Gasteiger partial charge is 0.477 e. The van der Waals surface area contributed by atoms with Crippen molar-refractivity contribution in [2.75, 3.05) is 0 Å². The number of hydrogen-bond acceptors (Lipinski definition) is 4. The Labute approximate surface area is 90.2 Å². The normalized spacial score (nSPS) is 10.0. The molecule has 0 bridgehead atoms. The second-order valence-corrected chi connectivity index (χ2v) is 3.01. The molecule has 2 aromatic heterocycles. The van der Waals surface area contributed by atoms with Crippen molar-refractivity contribution in [1.82, 2.24) is 14.5 Å². The van der Waals surface area contributed by atoms with Gasteiger partial charge in [0.05, 0.1) is 0 Å². The van der Waals surface area contributed by atoms with Gasteiger partial charge in [0.25, 0.3) is 0 Å². The Morgan fingerprint density at radius 2 is 2.25 bits per heavy atom. The van der Waals surface area contributed by atoms with Gasteiger partial charge in [-0.2, -0.15) is 0 Å². The Hall–Kier alpha value is -2.50. The van der Waals surface area contributed by atoms with Crippen LogP contribution >= 0.6 is 0 Å². The Morgan fingerprint density at radius 3 is 2.88 bits per heavy atom. The molecule has 0 saturated carbocycles. The smallest absolute Gasteiger partial charge is 0.354 e. The summed E-state index contributed by atoms with van der Waals surface area (Å²) in [6, 6.07) is 4.60. The van der Waals surface area contributed by atoms with E-state index in [0.717, 1.165) is 0 Å². The van der Waals surface area contributed by atoms with Crippen LogP contribution in [0.5, 0.6) is 0 Å². The van der Waals surface area contributed by atoms with Crippen molar-refractivity contribution in [3.05, 3.63) is 42.1 Å². The third kappa shape index (κ3) is 1.81. The summed E-state index contributed by atoms with van der Waals surface area (Å²) < 4.78 is 1.48. The molecule has 0 fully saturated rings. The summed E-state index contributed by atoms with van der Waals surface area (Å²) in [7, 11) is 0. The van der Waals surface area contributed by atoms with Crippen LogP contribution in [0.4, 0.5) is 0 Å². The predicted molar refractivity (Wildman–Crippen MR) is 53.7 cm³/mol. The van der Waals surface area contributed by atoms with Crippen LogP contribution in [-0.4, -0.2) is 31.9 Å². The summed E-state index contributed by atoms with van der Waals surface area (Å²) in [6.45, 7) is 0. The molecule has 2 heterocycles. The van der Waals surface area contributed by atoms with Gasteiger partial charge in [0.1, 0.15) is 17.8 Å². The van der Waals surface area contributed by atoms with E-state index in [1.807, 2.05) is 0 Å². The van der Waals surface area contributed by atoms with Crippen molar-refractivity contribution < 1.29 is 14.7 Å². The summed E-state index contributed by atoms with van der Waals surface area (Å²) in [4.78, 5) is 28.8. The van der Waals surface area contributed by atoms with Crippen LogP contribution in [0.25, 0.3) is 5.82 Å². The van der Waals surface area contributed by atoms with Crippen LogP contribution in [0, 0.1) is 0 Å². The summed E-state index contributed by atoms with van der Waals surface area (Å²) in [5.41, 5.74) is 0.210. The quantitative estimate of drug-likeness (QED) is 0.768. The SMILES string of the molecule is O=Cc1cn(-c2cccc(C(=O)O)n2)cn1. The fourth-order valence-electron chi connectivity index (χ4n) is 1.21. The third-order valence-corrected chi connectivity index (χ3v) is 1.94. The second kappa shape index (κ2) is 3.93. The van der Waals surface area contributed by atoms with E-state index < -0.39 is 5.97 Å². The van der Waals surface area contributed by atoms with E-state index in [-0.39, 0.29) is 11.4 Å². The molecule has 0 amide bonds. The first kappa shape index (κ1) is 10.0. The van der Waals surface area contributed by atoms with Crippen LogP contribution in [0.15, 0.2) is 30.7 Å². The van der Waals surface area contributed by atoms with Gasteiger partial charge in [0.2, 0.25) is 0 Å². The Morgan fingerprint density at radius 1 is 1.44 bits per heavy atom. The molecule has 2 rings (SSSR count). The van der Waals surface area contributed by atoms with Gasteiger partial charge in [-0.1, -0.05) is 6.07 Å². The van der Waals surface area contributed by atoms with E-state index in [9.17, 15) is 9.59 Å². The first-order chi connectivity index (χ1) is 7.70. The molecule has 0 atom stereocenters. The summed E-state index contributed by atoms with van der Waals surface area (Å²) >= 11 is 0.